The largest absolute Gasteiger partial charge is 0.384 e. The molecule has 1 heterocycles. The van der Waals surface area contributed by atoms with Gasteiger partial charge in [-0.05, 0) is 29.5 Å². The first-order valence-electron chi connectivity index (χ1n) is 6.33. The molecule has 0 unspecified atom stereocenters. The number of aliphatic hydroxyl groups excluding tert-OH is 1. The zero-order valence-corrected chi connectivity index (χ0v) is 13.0. The van der Waals surface area contributed by atoms with Gasteiger partial charge in [-0.15, -0.1) is 11.3 Å². The SMILES string of the molecule is Cc1csc(C(=O)NCc2ccccc2C#CCO)c1Cl. The van der Waals surface area contributed by atoms with Crippen molar-refractivity contribution in [1.29, 1.82) is 0 Å². The molecule has 2 N–H and O–H groups in total. The minimum atomic E-state index is -0.192. The number of nitrogens with one attached hydrogen (secondary N) is 1. The van der Waals surface area contributed by atoms with Gasteiger partial charge in [-0.3, -0.25) is 4.79 Å². The summed E-state index contributed by atoms with van der Waals surface area (Å²) in [4.78, 5) is 12.6. The summed E-state index contributed by atoms with van der Waals surface area (Å²) >= 11 is 7.42. The third-order valence-corrected chi connectivity index (χ3v) is 4.56. The van der Waals surface area contributed by atoms with Crippen molar-refractivity contribution >= 4 is 28.8 Å². The Hall–Kier alpha value is -1.80. The lowest BCUT2D eigenvalue weighted by atomic mass is 10.1. The molecule has 0 fully saturated rings. The maximum atomic E-state index is 12.1. The summed E-state index contributed by atoms with van der Waals surface area (Å²) in [7, 11) is 0. The Bertz CT molecular complexity index is 713. The Morgan fingerprint density at radius 3 is 2.86 bits per heavy atom. The van der Waals surface area contributed by atoms with Crippen LogP contribution in [0.2, 0.25) is 5.02 Å². The van der Waals surface area contributed by atoms with E-state index in [1.165, 1.54) is 11.3 Å². The van der Waals surface area contributed by atoms with Crippen molar-refractivity contribution in [3.05, 3.63) is 56.2 Å². The summed E-state index contributed by atoms with van der Waals surface area (Å²) in [5.41, 5.74) is 2.59. The number of rotatable bonds is 3. The standard InChI is InChI=1S/C16H14ClNO2S/c1-11-10-21-15(14(11)17)16(20)18-9-13-6-3-2-5-12(13)7-4-8-19/h2-3,5-6,10,19H,8-9H2,1H3,(H,18,20). The van der Waals surface area contributed by atoms with Gasteiger partial charge < -0.3 is 10.4 Å². The number of hydrogen-bond acceptors (Lipinski definition) is 3. The van der Waals surface area contributed by atoms with E-state index in [2.05, 4.69) is 17.2 Å². The van der Waals surface area contributed by atoms with Gasteiger partial charge in [0.15, 0.2) is 0 Å². The monoisotopic (exact) mass is 319 g/mol. The Balaban J connectivity index is 2.10. The van der Waals surface area contributed by atoms with Crippen molar-refractivity contribution in [3.8, 4) is 11.8 Å². The fraction of sp³-hybridized carbons (Fsp3) is 0.188. The predicted molar refractivity (Wildman–Crippen MR) is 85.6 cm³/mol. The minimum absolute atomic E-state index is 0.190. The number of carbonyl (C=O) groups is 1. The van der Waals surface area contributed by atoms with Gasteiger partial charge in [0.25, 0.3) is 5.91 Å². The quantitative estimate of drug-likeness (QED) is 0.855. The molecule has 3 nitrogen and oxygen atoms in total. The van der Waals surface area contributed by atoms with Gasteiger partial charge in [-0.2, -0.15) is 0 Å². The van der Waals surface area contributed by atoms with Crippen LogP contribution in [0.25, 0.3) is 0 Å². The topological polar surface area (TPSA) is 49.3 Å². The van der Waals surface area contributed by atoms with Crippen LogP contribution < -0.4 is 5.32 Å². The number of halogens is 1. The van der Waals surface area contributed by atoms with Crippen LogP contribution in [-0.4, -0.2) is 17.6 Å². The Labute approximate surface area is 132 Å². The Morgan fingerprint density at radius 1 is 1.43 bits per heavy atom. The Kier molecular flexibility index (Phi) is 5.40. The Morgan fingerprint density at radius 2 is 2.19 bits per heavy atom. The van der Waals surface area contributed by atoms with Gasteiger partial charge in [-0.1, -0.05) is 41.6 Å². The molecular formula is C16H14ClNO2S. The van der Waals surface area contributed by atoms with Crippen LogP contribution in [0.15, 0.2) is 29.6 Å². The van der Waals surface area contributed by atoms with Crippen molar-refractivity contribution in [1.82, 2.24) is 5.32 Å². The molecule has 1 amide bonds. The van der Waals surface area contributed by atoms with Gasteiger partial charge in [-0.25, -0.2) is 0 Å². The number of aliphatic hydroxyl groups is 1. The van der Waals surface area contributed by atoms with E-state index in [-0.39, 0.29) is 12.5 Å². The third kappa shape index (κ3) is 3.85. The molecule has 0 atom stereocenters. The average molecular weight is 320 g/mol. The summed E-state index contributed by atoms with van der Waals surface area (Å²) in [5, 5.41) is 14.0. The molecule has 2 aromatic rings. The summed E-state index contributed by atoms with van der Waals surface area (Å²) in [6, 6.07) is 7.50. The summed E-state index contributed by atoms with van der Waals surface area (Å²) in [6.45, 7) is 2.04. The van der Waals surface area contributed by atoms with E-state index in [0.29, 0.717) is 16.4 Å². The minimum Gasteiger partial charge on any atom is -0.384 e. The molecule has 0 radical (unpaired) electrons. The first kappa shape index (κ1) is 15.6. The number of carbonyl (C=O) groups excluding carboxylic acids is 1. The number of amides is 1. The van der Waals surface area contributed by atoms with Crippen LogP contribution in [0.5, 0.6) is 0 Å². The molecular weight excluding hydrogens is 306 g/mol. The van der Waals surface area contributed by atoms with Crippen molar-refractivity contribution in [3.63, 3.8) is 0 Å². The molecule has 1 aromatic carbocycles. The van der Waals surface area contributed by atoms with Gasteiger partial charge in [0.1, 0.15) is 11.5 Å². The molecule has 0 saturated heterocycles. The second kappa shape index (κ2) is 7.28. The smallest absolute Gasteiger partial charge is 0.263 e. The molecule has 0 aliphatic carbocycles. The van der Waals surface area contributed by atoms with Crippen molar-refractivity contribution < 1.29 is 9.90 Å². The lowest BCUT2D eigenvalue weighted by Crippen LogP contribution is -2.22. The van der Waals surface area contributed by atoms with E-state index in [1.807, 2.05) is 36.6 Å². The summed E-state index contributed by atoms with van der Waals surface area (Å²) in [5.74, 6) is 5.29. The second-order valence-corrected chi connectivity index (χ2v) is 5.62. The van der Waals surface area contributed by atoms with Crippen LogP contribution in [0.1, 0.15) is 26.4 Å². The van der Waals surface area contributed by atoms with Crippen LogP contribution >= 0.6 is 22.9 Å². The molecule has 108 valence electrons. The number of benzene rings is 1. The summed E-state index contributed by atoms with van der Waals surface area (Å²) in [6.07, 6.45) is 0. The molecule has 1 aromatic heterocycles. The van der Waals surface area contributed by atoms with E-state index in [4.69, 9.17) is 16.7 Å². The molecule has 2 rings (SSSR count). The molecule has 0 aliphatic rings. The number of hydrogen-bond donors (Lipinski definition) is 2. The van der Waals surface area contributed by atoms with Crippen molar-refractivity contribution in [2.75, 3.05) is 6.61 Å². The van der Waals surface area contributed by atoms with Gasteiger partial charge in [0.2, 0.25) is 0 Å². The first-order valence-corrected chi connectivity index (χ1v) is 7.58. The zero-order valence-electron chi connectivity index (χ0n) is 11.4. The van der Waals surface area contributed by atoms with Gasteiger partial charge in [0.05, 0.1) is 5.02 Å². The zero-order chi connectivity index (χ0) is 15.2. The molecule has 5 heteroatoms. The highest BCUT2D eigenvalue weighted by Gasteiger charge is 2.14. The van der Waals surface area contributed by atoms with E-state index in [1.54, 1.807) is 0 Å². The van der Waals surface area contributed by atoms with Crippen molar-refractivity contribution in [2.24, 2.45) is 0 Å². The normalized spacial score (nSPS) is 9.86. The highest BCUT2D eigenvalue weighted by molar-refractivity contribution is 7.13. The summed E-state index contributed by atoms with van der Waals surface area (Å²) < 4.78 is 0. The van der Waals surface area contributed by atoms with Crippen LogP contribution in [0.3, 0.4) is 0 Å². The maximum absolute atomic E-state index is 12.1. The first-order chi connectivity index (χ1) is 10.1. The average Bonchev–Trinajstić information content (AvgIpc) is 2.83. The molecule has 0 bridgehead atoms. The lowest BCUT2D eigenvalue weighted by Gasteiger charge is -2.06. The van der Waals surface area contributed by atoms with Crippen LogP contribution in [-0.2, 0) is 6.54 Å². The number of thiophene rings is 1. The second-order valence-electron chi connectivity index (χ2n) is 4.36. The third-order valence-electron chi connectivity index (χ3n) is 2.86. The number of aryl methyl sites for hydroxylation is 1. The fourth-order valence-electron chi connectivity index (χ4n) is 1.77. The molecule has 0 saturated carbocycles. The molecule has 0 aliphatic heterocycles. The highest BCUT2D eigenvalue weighted by atomic mass is 35.5. The van der Waals surface area contributed by atoms with E-state index >= 15 is 0 Å². The van der Waals surface area contributed by atoms with Gasteiger partial charge >= 0.3 is 0 Å². The van der Waals surface area contributed by atoms with E-state index in [0.717, 1.165) is 16.7 Å². The maximum Gasteiger partial charge on any atom is 0.263 e. The van der Waals surface area contributed by atoms with E-state index < -0.39 is 0 Å². The molecule has 0 spiro atoms. The van der Waals surface area contributed by atoms with Crippen LogP contribution in [0.4, 0.5) is 0 Å². The van der Waals surface area contributed by atoms with Crippen LogP contribution in [0, 0.1) is 18.8 Å². The molecule has 21 heavy (non-hydrogen) atoms. The predicted octanol–water partition coefficient (Wildman–Crippen LogP) is 2.98. The lowest BCUT2D eigenvalue weighted by molar-refractivity contribution is 0.0955. The highest BCUT2D eigenvalue weighted by Crippen LogP contribution is 2.26. The fourth-order valence-corrected chi connectivity index (χ4v) is 2.96. The van der Waals surface area contributed by atoms with Gasteiger partial charge in [0, 0.05) is 12.1 Å². The van der Waals surface area contributed by atoms with Crippen molar-refractivity contribution in [2.45, 2.75) is 13.5 Å². The van der Waals surface area contributed by atoms with E-state index in [9.17, 15) is 4.79 Å².